The van der Waals surface area contributed by atoms with Crippen LogP contribution < -0.4 is 10.6 Å². The molecule has 1 saturated heterocycles. The molecular weight excluding hydrogens is 314 g/mol. The van der Waals surface area contributed by atoms with E-state index in [9.17, 15) is 4.79 Å². The van der Waals surface area contributed by atoms with E-state index in [0.717, 1.165) is 30.1 Å². The molecule has 4 nitrogen and oxygen atoms in total. The summed E-state index contributed by atoms with van der Waals surface area (Å²) in [4.78, 5) is 20.3. The third-order valence-corrected chi connectivity index (χ3v) is 5.85. The van der Waals surface area contributed by atoms with Gasteiger partial charge >= 0.3 is 0 Å². The van der Waals surface area contributed by atoms with Crippen LogP contribution in [0.15, 0.2) is 12.1 Å². The largest absolute Gasteiger partial charge is 0.316 e. The molecule has 2 N–H and O–H groups in total. The fraction of sp³-hybridized carbons (Fsp3) is 0.500. The molecule has 1 aliphatic rings. The second-order valence-electron chi connectivity index (χ2n) is 5.78. The Bertz CT molecular complexity index is 656. The lowest BCUT2D eigenvalue weighted by Gasteiger charge is -2.06. The quantitative estimate of drug-likeness (QED) is 0.873. The number of carbonyl (C=O) groups excluding carboxylic acids is 1. The SMILES string of the molecule is Cc1ccc(-c2nc(NC(=O)CCC3CCNC3)sc2C)s1. The van der Waals surface area contributed by atoms with Gasteiger partial charge in [0.1, 0.15) is 0 Å². The molecule has 2 aromatic heterocycles. The summed E-state index contributed by atoms with van der Waals surface area (Å²) in [6.07, 6.45) is 2.73. The first-order valence-electron chi connectivity index (χ1n) is 7.66. The Balaban J connectivity index is 1.59. The first kappa shape index (κ1) is 15.6. The third-order valence-electron chi connectivity index (χ3n) is 3.96. The number of thiophene rings is 1. The number of nitrogens with one attached hydrogen (secondary N) is 2. The molecule has 0 aliphatic carbocycles. The lowest BCUT2D eigenvalue weighted by Crippen LogP contribution is -2.14. The van der Waals surface area contributed by atoms with Gasteiger partial charge in [-0.25, -0.2) is 4.98 Å². The third kappa shape index (κ3) is 3.74. The molecule has 0 bridgehead atoms. The lowest BCUT2D eigenvalue weighted by molar-refractivity contribution is -0.116. The monoisotopic (exact) mass is 335 g/mol. The molecule has 0 spiro atoms. The van der Waals surface area contributed by atoms with Crippen LogP contribution in [0.4, 0.5) is 5.13 Å². The molecule has 22 heavy (non-hydrogen) atoms. The fourth-order valence-electron chi connectivity index (χ4n) is 2.72. The summed E-state index contributed by atoms with van der Waals surface area (Å²) in [6.45, 7) is 6.28. The highest BCUT2D eigenvalue weighted by atomic mass is 32.1. The summed E-state index contributed by atoms with van der Waals surface area (Å²) >= 11 is 3.29. The minimum atomic E-state index is 0.0783. The van der Waals surface area contributed by atoms with Crippen LogP contribution in [0, 0.1) is 19.8 Å². The smallest absolute Gasteiger partial charge is 0.226 e. The minimum absolute atomic E-state index is 0.0783. The van der Waals surface area contributed by atoms with Crippen molar-refractivity contribution in [2.24, 2.45) is 5.92 Å². The molecule has 1 atom stereocenters. The zero-order chi connectivity index (χ0) is 15.5. The molecule has 1 aliphatic heterocycles. The molecule has 0 saturated carbocycles. The maximum absolute atomic E-state index is 12.1. The number of aryl methyl sites for hydroxylation is 2. The number of amides is 1. The van der Waals surface area contributed by atoms with Gasteiger partial charge in [0.2, 0.25) is 5.91 Å². The number of carbonyl (C=O) groups is 1. The number of thiazole rings is 1. The zero-order valence-electron chi connectivity index (χ0n) is 12.9. The van der Waals surface area contributed by atoms with Gasteiger partial charge in [0.15, 0.2) is 5.13 Å². The summed E-state index contributed by atoms with van der Waals surface area (Å²) in [7, 11) is 0. The van der Waals surface area contributed by atoms with Crippen LogP contribution in [-0.4, -0.2) is 24.0 Å². The van der Waals surface area contributed by atoms with Gasteiger partial charge in [-0.05, 0) is 57.8 Å². The standard InChI is InChI=1S/C16H21N3OS2/c1-10-3-5-13(21-10)15-11(2)22-16(19-15)18-14(20)6-4-12-7-8-17-9-12/h3,5,12,17H,4,6-9H2,1-2H3,(H,18,19,20). The van der Waals surface area contributed by atoms with E-state index in [0.29, 0.717) is 17.5 Å². The fourth-order valence-corrected chi connectivity index (χ4v) is 4.54. The predicted molar refractivity (Wildman–Crippen MR) is 93.7 cm³/mol. The van der Waals surface area contributed by atoms with Gasteiger partial charge in [-0.1, -0.05) is 0 Å². The van der Waals surface area contributed by atoms with Gasteiger partial charge < -0.3 is 10.6 Å². The molecule has 0 radical (unpaired) electrons. The van der Waals surface area contributed by atoms with Gasteiger partial charge in [-0.3, -0.25) is 4.79 Å². The number of hydrogen-bond donors (Lipinski definition) is 2. The van der Waals surface area contributed by atoms with E-state index in [4.69, 9.17) is 0 Å². The molecule has 2 aromatic rings. The van der Waals surface area contributed by atoms with Gasteiger partial charge in [0.05, 0.1) is 10.6 Å². The zero-order valence-corrected chi connectivity index (χ0v) is 14.6. The van der Waals surface area contributed by atoms with Crippen molar-refractivity contribution in [2.75, 3.05) is 18.4 Å². The van der Waals surface area contributed by atoms with E-state index in [-0.39, 0.29) is 5.91 Å². The Kier molecular flexibility index (Phi) is 4.90. The highest BCUT2D eigenvalue weighted by Gasteiger charge is 2.17. The normalized spacial score (nSPS) is 17.8. The molecule has 1 amide bonds. The Labute approximate surface area is 139 Å². The Hall–Kier alpha value is -1.24. The molecule has 1 unspecified atom stereocenters. The van der Waals surface area contributed by atoms with Crippen molar-refractivity contribution in [1.29, 1.82) is 0 Å². The molecular formula is C16H21N3OS2. The molecule has 1 fully saturated rings. The van der Waals surface area contributed by atoms with E-state index in [1.165, 1.54) is 16.2 Å². The van der Waals surface area contributed by atoms with E-state index >= 15 is 0 Å². The second kappa shape index (κ2) is 6.89. The maximum Gasteiger partial charge on any atom is 0.226 e. The molecule has 3 rings (SSSR count). The predicted octanol–water partition coefficient (Wildman–Crippen LogP) is 3.82. The topological polar surface area (TPSA) is 54.0 Å². The number of anilines is 1. The summed E-state index contributed by atoms with van der Waals surface area (Å²) in [5.74, 6) is 0.725. The van der Waals surface area contributed by atoms with E-state index < -0.39 is 0 Å². The van der Waals surface area contributed by atoms with Crippen molar-refractivity contribution in [3.05, 3.63) is 21.9 Å². The van der Waals surface area contributed by atoms with Crippen LogP contribution >= 0.6 is 22.7 Å². The summed E-state index contributed by atoms with van der Waals surface area (Å²) in [5.41, 5.74) is 0.999. The lowest BCUT2D eigenvalue weighted by atomic mass is 10.0. The molecule has 0 aromatic carbocycles. The van der Waals surface area contributed by atoms with Crippen LogP contribution in [0.1, 0.15) is 29.0 Å². The Morgan fingerprint density at radius 3 is 2.95 bits per heavy atom. The highest BCUT2D eigenvalue weighted by molar-refractivity contribution is 7.18. The highest BCUT2D eigenvalue weighted by Crippen LogP contribution is 2.34. The minimum Gasteiger partial charge on any atom is -0.316 e. The maximum atomic E-state index is 12.1. The van der Waals surface area contributed by atoms with Crippen molar-refractivity contribution >= 4 is 33.7 Å². The average molecular weight is 335 g/mol. The van der Waals surface area contributed by atoms with E-state index in [1.807, 2.05) is 0 Å². The molecule has 6 heteroatoms. The Morgan fingerprint density at radius 1 is 1.41 bits per heavy atom. The number of aromatic nitrogens is 1. The van der Waals surface area contributed by atoms with Gasteiger partial charge in [-0.2, -0.15) is 0 Å². The average Bonchev–Trinajstić information content (AvgIpc) is 3.18. The summed E-state index contributed by atoms with van der Waals surface area (Å²) in [6, 6.07) is 4.20. The first-order valence-corrected chi connectivity index (χ1v) is 9.30. The van der Waals surface area contributed by atoms with Crippen LogP contribution in [-0.2, 0) is 4.79 Å². The summed E-state index contributed by atoms with van der Waals surface area (Å²) in [5, 5.41) is 7.01. The van der Waals surface area contributed by atoms with Crippen LogP contribution in [0.25, 0.3) is 10.6 Å². The van der Waals surface area contributed by atoms with Crippen molar-refractivity contribution < 1.29 is 4.79 Å². The number of rotatable bonds is 5. The molecule has 3 heterocycles. The van der Waals surface area contributed by atoms with Gasteiger partial charge in [-0.15, -0.1) is 22.7 Å². The van der Waals surface area contributed by atoms with Crippen LogP contribution in [0.5, 0.6) is 0 Å². The van der Waals surface area contributed by atoms with Gasteiger partial charge in [0.25, 0.3) is 0 Å². The van der Waals surface area contributed by atoms with Crippen LogP contribution in [0.3, 0.4) is 0 Å². The van der Waals surface area contributed by atoms with Crippen molar-refractivity contribution in [1.82, 2.24) is 10.3 Å². The van der Waals surface area contributed by atoms with Crippen LogP contribution in [0.2, 0.25) is 0 Å². The molecule has 118 valence electrons. The van der Waals surface area contributed by atoms with E-state index in [2.05, 4.69) is 41.6 Å². The first-order chi connectivity index (χ1) is 10.6. The second-order valence-corrected chi connectivity index (χ2v) is 8.27. The van der Waals surface area contributed by atoms with E-state index in [1.54, 1.807) is 22.7 Å². The van der Waals surface area contributed by atoms with Crippen molar-refractivity contribution in [2.45, 2.75) is 33.1 Å². The summed E-state index contributed by atoms with van der Waals surface area (Å²) < 4.78 is 0. The van der Waals surface area contributed by atoms with Crippen molar-refractivity contribution in [3.63, 3.8) is 0 Å². The van der Waals surface area contributed by atoms with Crippen molar-refractivity contribution in [3.8, 4) is 10.6 Å². The Morgan fingerprint density at radius 2 is 2.27 bits per heavy atom. The number of nitrogens with zero attached hydrogens (tertiary/aromatic N) is 1. The van der Waals surface area contributed by atoms with Gasteiger partial charge in [0, 0.05) is 16.2 Å². The number of hydrogen-bond acceptors (Lipinski definition) is 5.